The van der Waals surface area contributed by atoms with Crippen LogP contribution in [0, 0.1) is 5.82 Å². The van der Waals surface area contributed by atoms with Gasteiger partial charge in [-0.05, 0) is 24.6 Å². The number of likely N-dealkylation sites (N-methyl/N-ethyl adjacent to an activating group) is 1. The fraction of sp³-hybridized carbons (Fsp3) is 0.588. The zero-order valence-electron chi connectivity index (χ0n) is 14.4. The van der Waals surface area contributed by atoms with Crippen molar-refractivity contribution in [1.82, 2.24) is 14.7 Å². The third kappa shape index (κ3) is 4.42. The number of hydrogen-bond donors (Lipinski definition) is 0. The number of halogens is 1. The Bertz CT molecular complexity index is 543. The van der Waals surface area contributed by atoms with Crippen LogP contribution in [0.25, 0.3) is 0 Å². The fourth-order valence-corrected chi connectivity index (χ4v) is 2.91. The highest BCUT2D eigenvalue weighted by Crippen LogP contribution is 2.19. The molecule has 0 N–H and O–H groups in total. The molecule has 0 spiro atoms. The molecule has 1 saturated heterocycles. The molecule has 1 aromatic rings. The van der Waals surface area contributed by atoms with Gasteiger partial charge in [-0.3, -0.25) is 14.6 Å². The van der Waals surface area contributed by atoms with Crippen LogP contribution in [0.15, 0.2) is 18.2 Å². The van der Waals surface area contributed by atoms with Gasteiger partial charge in [0.25, 0.3) is 0 Å². The number of ether oxygens (including phenoxy) is 1. The van der Waals surface area contributed by atoms with Crippen LogP contribution in [0.4, 0.5) is 4.39 Å². The summed E-state index contributed by atoms with van der Waals surface area (Å²) in [5.74, 6) is 0.0825. The van der Waals surface area contributed by atoms with Crippen molar-refractivity contribution in [3.63, 3.8) is 0 Å². The number of methoxy groups -OCH3 is 1. The van der Waals surface area contributed by atoms with Gasteiger partial charge in [-0.15, -0.1) is 0 Å². The van der Waals surface area contributed by atoms with Gasteiger partial charge in [-0.2, -0.15) is 0 Å². The van der Waals surface area contributed by atoms with Gasteiger partial charge in [0.2, 0.25) is 5.91 Å². The molecule has 5 nitrogen and oxygen atoms in total. The van der Waals surface area contributed by atoms with E-state index in [0.29, 0.717) is 6.54 Å². The Morgan fingerprint density at radius 1 is 1.30 bits per heavy atom. The summed E-state index contributed by atoms with van der Waals surface area (Å²) in [5.41, 5.74) is 0.939. The van der Waals surface area contributed by atoms with Crippen molar-refractivity contribution in [3.8, 4) is 5.75 Å². The SMILES string of the molecule is COc1ccc(CN2CCN(C(C)C(=O)N(C)C)CC2)cc1F. The molecule has 128 valence electrons. The van der Waals surface area contributed by atoms with Crippen molar-refractivity contribution in [3.05, 3.63) is 29.6 Å². The van der Waals surface area contributed by atoms with E-state index in [1.165, 1.54) is 13.2 Å². The minimum absolute atomic E-state index is 0.0921. The average Bonchev–Trinajstić information content (AvgIpc) is 2.54. The average molecular weight is 323 g/mol. The van der Waals surface area contributed by atoms with Crippen molar-refractivity contribution in [2.75, 3.05) is 47.4 Å². The van der Waals surface area contributed by atoms with Crippen LogP contribution in [0.1, 0.15) is 12.5 Å². The minimum Gasteiger partial charge on any atom is -0.494 e. The lowest BCUT2D eigenvalue weighted by Crippen LogP contribution is -2.53. The second-order valence-electron chi connectivity index (χ2n) is 6.19. The van der Waals surface area contributed by atoms with E-state index in [9.17, 15) is 9.18 Å². The number of hydrogen-bond acceptors (Lipinski definition) is 4. The Labute approximate surface area is 137 Å². The Hall–Kier alpha value is -1.66. The standard InChI is InChI=1S/C17H26FN3O2/c1-13(17(22)19(2)3)21-9-7-20(8-10-21)12-14-5-6-16(23-4)15(18)11-14/h5-6,11,13H,7-10,12H2,1-4H3. The fourth-order valence-electron chi connectivity index (χ4n) is 2.91. The number of rotatable bonds is 5. The molecule has 1 heterocycles. The largest absolute Gasteiger partial charge is 0.494 e. The monoisotopic (exact) mass is 323 g/mol. The van der Waals surface area contributed by atoms with Crippen molar-refractivity contribution < 1.29 is 13.9 Å². The highest BCUT2D eigenvalue weighted by Gasteiger charge is 2.26. The summed E-state index contributed by atoms with van der Waals surface area (Å²) in [6.45, 7) is 6.11. The second-order valence-corrected chi connectivity index (χ2v) is 6.19. The van der Waals surface area contributed by atoms with Crippen molar-refractivity contribution >= 4 is 5.91 Å². The maximum Gasteiger partial charge on any atom is 0.239 e. The summed E-state index contributed by atoms with van der Waals surface area (Å²) in [4.78, 5) is 18.1. The summed E-state index contributed by atoms with van der Waals surface area (Å²) in [6.07, 6.45) is 0. The Balaban J connectivity index is 1.87. The molecule has 0 aliphatic carbocycles. The van der Waals surface area contributed by atoms with Gasteiger partial charge < -0.3 is 9.64 Å². The smallest absolute Gasteiger partial charge is 0.239 e. The van der Waals surface area contributed by atoms with Gasteiger partial charge in [0.05, 0.1) is 13.2 Å². The quantitative estimate of drug-likeness (QED) is 0.821. The molecule has 0 saturated carbocycles. The molecule has 0 radical (unpaired) electrons. The Kier molecular flexibility index (Phi) is 5.96. The minimum atomic E-state index is -0.325. The first-order valence-electron chi connectivity index (χ1n) is 7.92. The molecular formula is C17H26FN3O2. The molecule has 1 aromatic carbocycles. The molecule has 0 bridgehead atoms. The molecule has 1 unspecified atom stereocenters. The van der Waals surface area contributed by atoms with Crippen molar-refractivity contribution in [2.24, 2.45) is 0 Å². The predicted molar refractivity (Wildman–Crippen MR) is 88.0 cm³/mol. The van der Waals surface area contributed by atoms with Crippen LogP contribution in [0.2, 0.25) is 0 Å². The lowest BCUT2D eigenvalue weighted by Gasteiger charge is -2.38. The second kappa shape index (κ2) is 7.75. The van der Waals surface area contributed by atoms with Crippen LogP contribution in [-0.4, -0.2) is 74.0 Å². The van der Waals surface area contributed by atoms with Crippen molar-refractivity contribution in [2.45, 2.75) is 19.5 Å². The van der Waals surface area contributed by atoms with Gasteiger partial charge in [0.15, 0.2) is 11.6 Å². The summed E-state index contributed by atoms with van der Waals surface area (Å²) in [5, 5.41) is 0. The molecule has 6 heteroatoms. The normalized spacial score (nSPS) is 17.8. The number of benzene rings is 1. The van der Waals surface area contributed by atoms with E-state index in [0.717, 1.165) is 31.7 Å². The van der Waals surface area contributed by atoms with Crippen LogP contribution in [0.3, 0.4) is 0 Å². The molecule has 1 amide bonds. The van der Waals surface area contributed by atoms with Gasteiger partial charge >= 0.3 is 0 Å². The zero-order valence-corrected chi connectivity index (χ0v) is 14.4. The number of carbonyl (C=O) groups is 1. The van der Waals surface area contributed by atoms with Crippen LogP contribution in [-0.2, 0) is 11.3 Å². The van der Waals surface area contributed by atoms with Gasteiger partial charge in [0, 0.05) is 46.8 Å². The number of nitrogens with zero attached hydrogens (tertiary/aromatic N) is 3. The summed E-state index contributed by atoms with van der Waals surface area (Å²) in [7, 11) is 5.04. The summed E-state index contributed by atoms with van der Waals surface area (Å²) >= 11 is 0. The first-order chi connectivity index (χ1) is 10.9. The molecular weight excluding hydrogens is 297 g/mol. The van der Waals surface area contributed by atoms with E-state index in [-0.39, 0.29) is 23.5 Å². The topological polar surface area (TPSA) is 36.0 Å². The first kappa shape index (κ1) is 17.7. The molecule has 2 rings (SSSR count). The van der Waals surface area contributed by atoms with Crippen molar-refractivity contribution in [1.29, 1.82) is 0 Å². The number of amides is 1. The molecule has 0 aromatic heterocycles. The molecule has 1 aliphatic rings. The molecule has 1 atom stereocenters. The van der Waals surface area contributed by atoms with E-state index in [2.05, 4.69) is 9.80 Å². The predicted octanol–water partition coefficient (Wildman–Crippen LogP) is 1.43. The van der Waals surface area contributed by atoms with E-state index in [4.69, 9.17) is 4.74 Å². The van der Waals surface area contributed by atoms with E-state index in [1.54, 1.807) is 25.1 Å². The van der Waals surface area contributed by atoms with Crippen LogP contribution >= 0.6 is 0 Å². The lowest BCUT2D eigenvalue weighted by molar-refractivity contribution is -0.134. The highest BCUT2D eigenvalue weighted by molar-refractivity contribution is 5.80. The zero-order chi connectivity index (χ0) is 17.0. The molecule has 1 aliphatic heterocycles. The number of piperazine rings is 1. The molecule has 23 heavy (non-hydrogen) atoms. The third-order valence-electron chi connectivity index (χ3n) is 4.38. The maximum absolute atomic E-state index is 13.7. The highest BCUT2D eigenvalue weighted by atomic mass is 19.1. The van der Waals surface area contributed by atoms with E-state index in [1.807, 2.05) is 13.0 Å². The van der Waals surface area contributed by atoms with E-state index >= 15 is 0 Å². The van der Waals surface area contributed by atoms with Gasteiger partial charge in [-0.1, -0.05) is 6.07 Å². The number of carbonyl (C=O) groups excluding carboxylic acids is 1. The Morgan fingerprint density at radius 3 is 2.48 bits per heavy atom. The van der Waals surface area contributed by atoms with E-state index < -0.39 is 0 Å². The van der Waals surface area contributed by atoms with Gasteiger partial charge in [0.1, 0.15) is 0 Å². The first-order valence-corrected chi connectivity index (χ1v) is 7.92. The summed E-state index contributed by atoms with van der Waals surface area (Å²) < 4.78 is 18.7. The maximum atomic E-state index is 13.7. The van der Waals surface area contributed by atoms with Gasteiger partial charge in [-0.25, -0.2) is 4.39 Å². The summed E-state index contributed by atoms with van der Waals surface area (Å²) in [6, 6.07) is 5.00. The Morgan fingerprint density at radius 2 is 1.96 bits per heavy atom. The molecule has 1 fully saturated rings. The van der Waals surface area contributed by atoms with Crippen LogP contribution < -0.4 is 4.74 Å². The third-order valence-corrected chi connectivity index (χ3v) is 4.38. The lowest BCUT2D eigenvalue weighted by atomic mass is 10.1. The van der Waals surface area contributed by atoms with Crippen LogP contribution in [0.5, 0.6) is 5.75 Å².